The first-order chi connectivity index (χ1) is 13.3. The molecule has 28 heavy (non-hydrogen) atoms. The fraction of sp³-hybridized carbons (Fsp3) is 0.111. The molecule has 0 atom stereocenters. The smallest absolute Gasteiger partial charge is 0.263 e. The first-order valence-electron chi connectivity index (χ1n) is 8.15. The Morgan fingerprint density at radius 1 is 1.14 bits per heavy atom. The molecule has 8 nitrogen and oxygen atoms in total. The molecular formula is C18H15ClN4O4S. The van der Waals surface area contributed by atoms with Gasteiger partial charge in [0.15, 0.2) is 11.5 Å². The van der Waals surface area contributed by atoms with Crippen LogP contribution >= 0.6 is 11.6 Å². The molecule has 1 aromatic heterocycles. The Balaban J connectivity index is 1.71. The minimum Gasteiger partial charge on any atom is -0.454 e. The number of ether oxygens (including phenoxy) is 2. The van der Waals surface area contributed by atoms with Crippen LogP contribution in [0.4, 0.5) is 11.6 Å². The minimum atomic E-state index is -3.96. The summed E-state index contributed by atoms with van der Waals surface area (Å²) in [5.74, 6) is 1.17. The van der Waals surface area contributed by atoms with Crippen LogP contribution in [-0.4, -0.2) is 25.2 Å². The number of aromatic nitrogens is 2. The third kappa shape index (κ3) is 3.41. The van der Waals surface area contributed by atoms with Gasteiger partial charge in [-0.05, 0) is 36.8 Å². The number of nitrogens with zero attached hydrogens (tertiary/aromatic N) is 2. The van der Waals surface area contributed by atoms with Crippen molar-refractivity contribution < 1.29 is 17.9 Å². The van der Waals surface area contributed by atoms with Crippen LogP contribution in [0.15, 0.2) is 47.5 Å². The number of nitrogens with two attached hydrogens (primary N) is 1. The molecule has 1 aliphatic heterocycles. The van der Waals surface area contributed by atoms with Crippen LogP contribution in [0.25, 0.3) is 11.1 Å². The molecule has 0 bridgehead atoms. The average molecular weight is 419 g/mol. The van der Waals surface area contributed by atoms with Gasteiger partial charge in [0.1, 0.15) is 4.90 Å². The summed E-state index contributed by atoms with van der Waals surface area (Å²) in [6.07, 6.45) is 1.54. The van der Waals surface area contributed by atoms with E-state index in [9.17, 15) is 8.42 Å². The highest BCUT2D eigenvalue weighted by atomic mass is 35.5. The zero-order valence-corrected chi connectivity index (χ0v) is 16.2. The van der Waals surface area contributed by atoms with E-state index in [2.05, 4.69) is 14.7 Å². The monoisotopic (exact) mass is 418 g/mol. The van der Waals surface area contributed by atoms with Crippen molar-refractivity contribution in [1.29, 1.82) is 0 Å². The Bertz CT molecular complexity index is 1180. The molecule has 0 spiro atoms. The number of halogens is 1. The minimum absolute atomic E-state index is 0.0689. The van der Waals surface area contributed by atoms with Gasteiger partial charge in [-0.15, -0.1) is 0 Å². The number of fused-ring (bicyclic) bond motifs is 1. The number of hydrogen-bond acceptors (Lipinski definition) is 7. The topological polar surface area (TPSA) is 116 Å². The number of aryl methyl sites for hydroxylation is 1. The standard InChI is InChI=1S/C18H15ClN4O4S/c1-10-13(8-21-18(20)22-10)11-2-4-14(19)17(6-11)28(24,25)23-12-3-5-15-16(7-12)27-9-26-15/h2-8,23H,9H2,1H3,(H2,20,21,22). The number of rotatable bonds is 4. The first-order valence-corrected chi connectivity index (χ1v) is 10.0. The number of sulfonamides is 1. The largest absolute Gasteiger partial charge is 0.454 e. The van der Waals surface area contributed by atoms with E-state index in [1.807, 2.05) is 0 Å². The number of nitrogens with one attached hydrogen (secondary N) is 1. The summed E-state index contributed by atoms with van der Waals surface area (Å²) in [4.78, 5) is 8.01. The third-order valence-electron chi connectivity index (χ3n) is 4.15. The summed E-state index contributed by atoms with van der Waals surface area (Å²) >= 11 is 6.18. The number of anilines is 2. The number of nitrogen functional groups attached to an aromatic ring is 1. The van der Waals surface area contributed by atoms with Crippen LogP contribution in [0.1, 0.15) is 5.69 Å². The zero-order chi connectivity index (χ0) is 19.9. The van der Waals surface area contributed by atoms with Gasteiger partial charge in [-0.1, -0.05) is 17.7 Å². The third-order valence-corrected chi connectivity index (χ3v) is 6.02. The van der Waals surface area contributed by atoms with Gasteiger partial charge in [0, 0.05) is 17.8 Å². The Morgan fingerprint density at radius 3 is 2.71 bits per heavy atom. The van der Waals surface area contributed by atoms with Crippen molar-refractivity contribution in [2.24, 2.45) is 0 Å². The van der Waals surface area contributed by atoms with Gasteiger partial charge in [0.05, 0.1) is 16.4 Å². The van der Waals surface area contributed by atoms with E-state index in [1.54, 1.807) is 37.4 Å². The molecule has 0 saturated carbocycles. The molecule has 144 valence electrons. The van der Waals surface area contributed by atoms with E-state index in [4.69, 9.17) is 26.8 Å². The Kier molecular flexibility index (Phi) is 4.48. The van der Waals surface area contributed by atoms with Gasteiger partial charge >= 0.3 is 0 Å². The predicted octanol–water partition coefficient (Wildman–Crippen LogP) is 3.22. The molecule has 4 rings (SSSR count). The lowest BCUT2D eigenvalue weighted by atomic mass is 10.1. The number of hydrogen-bond donors (Lipinski definition) is 2. The highest BCUT2D eigenvalue weighted by Crippen LogP contribution is 2.36. The van der Waals surface area contributed by atoms with Crippen LogP contribution in [-0.2, 0) is 10.0 Å². The van der Waals surface area contributed by atoms with Crippen LogP contribution in [0.5, 0.6) is 11.5 Å². The fourth-order valence-corrected chi connectivity index (χ4v) is 4.39. The lowest BCUT2D eigenvalue weighted by molar-refractivity contribution is 0.174. The van der Waals surface area contributed by atoms with Crippen LogP contribution < -0.4 is 19.9 Å². The summed E-state index contributed by atoms with van der Waals surface area (Å²) < 4.78 is 38.9. The van der Waals surface area contributed by atoms with Crippen molar-refractivity contribution in [3.63, 3.8) is 0 Å². The normalized spacial score (nSPS) is 12.8. The van der Waals surface area contributed by atoms with Crippen molar-refractivity contribution in [2.75, 3.05) is 17.2 Å². The second-order valence-corrected chi connectivity index (χ2v) is 8.10. The van der Waals surface area contributed by atoms with Gasteiger partial charge in [0.2, 0.25) is 12.7 Å². The van der Waals surface area contributed by atoms with Crippen molar-refractivity contribution >= 4 is 33.3 Å². The van der Waals surface area contributed by atoms with E-state index < -0.39 is 10.0 Å². The molecular weight excluding hydrogens is 404 g/mol. The molecule has 3 N–H and O–H groups in total. The molecule has 2 heterocycles. The van der Waals surface area contributed by atoms with E-state index in [-0.39, 0.29) is 22.7 Å². The van der Waals surface area contributed by atoms with Crippen LogP contribution in [0.2, 0.25) is 5.02 Å². The van der Waals surface area contributed by atoms with Crippen LogP contribution in [0, 0.1) is 6.92 Å². The molecule has 3 aromatic rings. The average Bonchev–Trinajstić information content (AvgIpc) is 3.10. The van der Waals surface area contributed by atoms with Crippen molar-refractivity contribution in [1.82, 2.24) is 9.97 Å². The molecule has 0 aliphatic carbocycles. The predicted molar refractivity (Wildman–Crippen MR) is 105 cm³/mol. The SMILES string of the molecule is Cc1nc(N)ncc1-c1ccc(Cl)c(S(=O)(=O)Nc2ccc3c(c2)OCO3)c1. The van der Waals surface area contributed by atoms with Crippen LogP contribution in [0.3, 0.4) is 0 Å². The van der Waals surface area contributed by atoms with Gasteiger partial charge in [0.25, 0.3) is 10.0 Å². The molecule has 0 unspecified atom stereocenters. The molecule has 1 aliphatic rings. The lowest BCUT2D eigenvalue weighted by Crippen LogP contribution is -2.13. The summed E-state index contributed by atoms with van der Waals surface area (Å²) in [5.41, 5.74) is 7.81. The van der Waals surface area contributed by atoms with E-state index in [0.717, 1.165) is 0 Å². The summed E-state index contributed by atoms with van der Waals surface area (Å²) in [5, 5.41) is 0.0889. The maximum atomic E-state index is 12.9. The molecule has 0 amide bonds. The highest BCUT2D eigenvalue weighted by molar-refractivity contribution is 7.92. The second kappa shape index (κ2) is 6.84. The zero-order valence-electron chi connectivity index (χ0n) is 14.6. The summed E-state index contributed by atoms with van der Waals surface area (Å²) in [6, 6.07) is 9.45. The maximum Gasteiger partial charge on any atom is 0.263 e. The van der Waals surface area contributed by atoms with Crippen molar-refractivity contribution in [3.8, 4) is 22.6 Å². The number of benzene rings is 2. The highest BCUT2D eigenvalue weighted by Gasteiger charge is 2.21. The quantitative estimate of drug-likeness (QED) is 0.668. The molecule has 0 radical (unpaired) electrons. The van der Waals surface area contributed by atoms with E-state index >= 15 is 0 Å². The summed E-state index contributed by atoms with van der Waals surface area (Å²) in [6.45, 7) is 1.86. The Labute approximate surface area is 166 Å². The lowest BCUT2D eigenvalue weighted by Gasteiger charge is -2.12. The van der Waals surface area contributed by atoms with Gasteiger partial charge in [-0.25, -0.2) is 18.4 Å². The fourth-order valence-electron chi connectivity index (χ4n) is 2.82. The van der Waals surface area contributed by atoms with Crippen molar-refractivity contribution in [2.45, 2.75) is 11.8 Å². The maximum absolute atomic E-state index is 12.9. The second-order valence-electron chi connectivity index (χ2n) is 6.05. The summed E-state index contributed by atoms with van der Waals surface area (Å²) in [7, 11) is -3.96. The van der Waals surface area contributed by atoms with Gasteiger partial charge in [-0.2, -0.15) is 0 Å². The Hall–Kier alpha value is -3.04. The molecule has 2 aromatic carbocycles. The van der Waals surface area contributed by atoms with Gasteiger partial charge < -0.3 is 15.2 Å². The van der Waals surface area contributed by atoms with Gasteiger partial charge in [-0.3, -0.25) is 4.72 Å². The van der Waals surface area contributed by atoms with Crippen molar-refractivity contribution in [3.05, 3.63) is 53.3 Å². The molecule has 10 heteroatoms. The molecule has 0 fully saturated rings. The Morgan fingerprint density at radius 2 is 1.93 bits per heavy atom. The first kappa shape index (κ1) is 18.3. The van der Waals surface area contributed by atoms with E-state index in [1.165, 1.54) is 12.1 Å². The molecule has 0 saturated heterocycles. The van der Waals surface area contributed by atoms with E-state index in [0.29, 0.717) is 34.0 Å².